The average molecular weight is 247 g/mol. The number of alkyl halides is 2. The third-order valence-corrected chi connectivity index (χ3v) is 1.92. The van der Waals surface area contributed by atoms with Gasteiger partial charge in [0.15, 0.2) is 0 Å². The number of carbonyl (C=O) groups is 1. The standard InChI is InChI=1S/C9H7F2NO5/c1-4-2-5(12(15)16)3-6(17-9(10)11)7(4)8(13)14/h2-3,9H,1H3,(H,13,14). The summed E-state index contributed by atoms with van der Waals surface area (Å²) in [6.45, 7) is -2.00. The van der Waals surface area contributed by atoms with Crippen molar-refractivity contribution in [2.75, 3.05) is 0 Å². The zero-order valence-electron chi connectivity index (χ0n) is 8.52. The Bertz CT molecular complexity index is 475. The van der Waals surface area contributed by atoms with Gasteiger partial charge in [-0.25, -0.2) is 4.79 Å². The van der Waals surface area contributed by atoms with E-state index in [4.69, 9.17) is 5.11 Å². The van der Waals surface area contributed by atoms with Crippen molar-refractivity contribution in [2.24, 2.45) is 0 Å². The molecule has 0 unspecified atom stereocenters. The number of carboxylic acids is 1. The summed E-state index contributed by atoms with van der Waals surface area (Å²) in [6.07, 6.45) is 0. The number of hydrogen-bond acceptors (Lipinski definition) is 4. The lowest BCUT2D eigenvalue weighted by Crippen LogP contribution is -2.10. The number of hydrogen-bond donors (Lipinski definition) is 1. The SMILES string of the molecule is Cc1cc([N+](=O)[O-])cc(OC(F)F)c1C(=O)O. The summed E-state index contributed by atoms with van der Waals surface area (Å²) in [5, 5.41) is 19.3. The zero-order valence-corrected chi connectivity index (χ0v) is 8.52. The number of carboxylic acid groups (broad SMARTS) is 1. The van der Waals surface area contributed by atoms with Crippen molar-refractivity contribution in [1.29, 1.82) is 0 Å². The quantitative estimate of drug-likeness (QED) is 0.650. The van der Waals surface area contributed by atoms with E-state index in [1.54, 1.807) is 0 Å². The van der Waals surface area contributed by atoms with E-state index in [1.807, 2.05) is 0 Å². The summed E-state index contributed by atoms with van der Waals surface area (Å²) in [5.74, 6) is -2.22. The van der Waals surface area contributed by atoms with Crippen LogP contribution in [0, 0.1) is 17.0 Å². The van der Waals surface area contributed by atoms with Crippen LogP contribution >= 0.6 is 0 Å². The molecule has 6 nitrogen and oxygen atoms in total. The molecular weight excluding hydrogens is 240 g/mol. The second-order valence-electron chi connectivity index (χ2n) is 3.08. The molecule has 0 fully saturated rings. The maximum atomic E-state index is 12.0. The number of nitro benzene ring substituents is 1. The van der Waals surface area contributed by atoms with Crippen LogP contribution in [0.5, 0.6) is 5.75 Å². The molecule has 0 amide bonds. The van der Waals surface area contributed by atoms with Crippen LogP contribution in [-0.4, -0.2) is 22.6 Å². The van der Waals surface area contributed by atoms with Gasteiger partial charge in [0.25, 0.3) is 5.69 Å². The number of ether oxygens (including phenoxy) is 1. The lowest BCUT2D eigenvalue weighted by atomic mass is 10.1. The lowest BCUT2D eigenvalue weighted by molar-refractivity contribution is -0.385. The predicted molar refractivity (Wildman–Crippen MR) is 51.4 cm³/mol. The summed E-state index contributed by atoms with van der Waals surface area (Å²) in [4.78, 5) is 20.5. The van der Waals surface area contributed by atoms with Gasteiger partial charge in [0.1, 0.15) is 11.3 Å². The number of halogens is 2. The Morgan fingerprint density at radius 2 is 2.12 bits per heavy atom. The number of rotatable bonds is 4. The molecule has 0 spiro atoms. The molecule has 0 bridgehead atoms. The molecular formula is C9H7F2NO5. The minimum absolute atomic E-state index is 0.0256. The second kappa shape index (κ2) is 4.73. The summed E-state index contributed by atoms with van der Waals surface area (Å²) in [7, 11) is 0. The minimum atomic E-state index is -3.26. The molecule has 0 aromatic heterocycles. The van der Waals surface area contributed by atoms with Crippen molar-refractivity contribution in [3.63, 3.8) is 0 Å². The van der Waals surface area contributed by atoms with Gasteiger partial charge in [-0.3, -0.25) is 10.1 Å². The number of benzene rings is 1. The van der Waals surface area contributed by atoms with Gasteiger partial charge in [-0.2, -0.15) is 8.78 Å². The maximum Gasteiger partial charge on any atom is 0.387 e. The molecule has 92 valence electrons. The van der Waals surface area contributed by atoms with Crippen LogP contribution in [-0.2, 0) is 0 Å². The molecule has 17 heavy (non-hydrogen) atoms. The Balaban J connectivity index is 3.39. The van der Waals surface area contributed by atoms with E-state index in [0.29, 0.717) is 6.07 Å². The highest BCUT2D eigenvalue weighted by molar-refractivity contribution is 5.93. The Labute approximate surface area is 93.6 Å². The molecule has 0 radical (unpaired) electrons. The van der Waals surface area contributed by atoms with Gasteiger partial charge < -0.3 is 9.84 Å². The lowest BCUT2D eigenvalue weighted by Gasteiger charge is -2.09. The summed E-state index contributed by atoms with van der Waals surface area (Å²) in [6, 6.07) is 1.63. The van der Waals surface area contributed by atoms with Crippen LogP contribution in [0.15, 0.2) is 12.1 Å². The zero-order chi connectivity index (χ0) is 13.2. The number of nitro groups is 1. The first-order chi connectivity index (χ1) is 7.82. The first-order valence-corrected chi connectivity index (χ1v) is 4.30. The van der Waals surface area contributed by atoms with E-state index < -0.39 is 34.5 Å². The fourth-order valence-electron chi connectivity index (χ4n) is 1.30. The van der Waals surface area contributed by atoms with E-state index in [2.05, 4.69) is 4.74 Å². The van der Waals surface area contributed by atoms with Gasteiger partial charge in [-0.05, 0) is 12.5 Å². The highest BCUT2D eigenvalue weighted by Crippen LogP contribution is 2.29. The summed E-state index contributed by atoms with van der Waals surface area (Å²) < 4.78 is 28.0. The van der Waals surface area contributed by atoms with Crippen molar-refractivity contribution >= 4 is 11.7 Å². The van der Waals surface area contributed by atoms with Gasteiger partial charge in [0.05, 0.1) is 11.0 Å². The first-order valence-electron chi connectivity index (χ1n) is 4.30. The number of nitrogens with zero attached hydrogens (tertiary/aromatic N) is 1. The van der Waals surface area contributed by atoms with Crippen molar-refractivity contribution in [3.8, 4) is 5.75 Å². The van der Waals surface area contributed by atoms with Gasteiger partial charge >= 0.3 is 12.6 Å². The van der Waals surface area contributed by atoms with E-state index >= 15 is 0 Å². The molecule has 0 saturated heterocycles. The third kappa shape index (κ3) is 2.86. The predicted octanol–water partition coefficient (Wildman–Crippen LogP) is 2.20. The fourth-order valence-corrected chi connectivity index (χ4v) is 1.30. The van der Waals surface area contributed by atoms with Crippen molar-refractivity contribution < 1.29 is 28.3 Å². The second-order valence-corrected chi connectivity index (χ2v) is 3.08. The number of aryl methyl sites for hydroxylation is 1. The van der Waals surface area contributed by atoms with Gasteiger partial charge in [-0.1, -0.05) is 0 Å². The van der Waals surface area contributed by atoms with Gasteiger partial charge in [0, 0.05) is 6.07 Å². The minimum Gasteiger partial charge on any atom is -0.478 e. The highest BCUT2D eigenvalue weighted by Gasteiger charge is 2.22. The van der Waals surface area contributed by atoms with Crippen LogP contribution in [0.25, 0.3) is 0 Å². The average Bonchev–Trinajstić information content (AvgIpc) is 2.14. The molecule has 0 heterocycles. The molecule has 1 aromatic carbocycles. The first kappa shape index (κ1) is 12.8. The van der Waals surface area contributed by atoms with Crippen LogP contribution in [0.4, 0.5) is 14.5 Å². The molecule has 1 rings (SSSR count). The molecule has 0 aliphatic carbocycles. The molecule has 0 aliphatic heterocycles. The molecule has 0 atom stereocenters. The monoisotopic (exact) mass is 247 g/mol. The highest BCUT2D eigenvalue weighted by atomic mass is 19.3. The number of aromatic carboxylic acids is 1. The molecule has 0 saturated carbocycles. The van der Waals surface area contributed by atoms with Crippen molar-refractivity contribution in [3.05, 3.63) is 33.4 Å². The van der Waals surface area contributed by atoms with Crippen LogP contribution in [0.1, 0.15) is 15.9 Å². The normalized spacial score (nSPS) is 10.4. The maximum absolute atomic E-state index is 12.0. The van der Waals surface area contributed by atoms with Crippen LogP contribution < -0.4 is 4.74 Å². The van der Waals surface area contributed by atoms with Gasteiger partial charge in [0.2, 0.25) is 0 Å². The van der Waals surface area contributed by atoms with E-state index in [-0.39, 0.29) is 5.56 Å². The fraction of sp³-hybridized carbons (Fsp3) is 0.222. The van der Waals surface area contributed by atoms with Gasteiger partial charge in [-0.15, -0.1) is 0 Å². The Morgan fingerprint density at radius 3 is 2.53 bits per heavy atom. The largest absolute Gasteiger partial charge is 0.478 e. The third-order valence-electron chi connectivity index (χ3n) is 1.92. The Morgan fingerprint density at radius 1 is 1.53 bits per heavy atom. The number of non-ortho nitro benzene ring substituents is 1. The molecule has 1 N–H and O–H groups in total. The topological polar surface area (TPSA) is 89.7 Å². The summed E-state index contributed by atoms with van der Waals surface area (Å²) >= 11 is 0. The van der Waals surface area contributed by atoms with Crippen molar-refractivity contribution in [1.82, 2.24) is 0 Å². The smallest absolute Gasteiger partial charge is 0.387 e. The molecule has 0 aliphatic rings. The van der Waals surface area contributed by atoms with Crippen molar-refractivity contribution in [2.45, 2.75) is 13.5 Å². The molecule has 1 aromatic rings. The Hall–Kier alpha value is -2.25. The van der Waals surface area contributed by atoms with Crippen LogP contribution in [0.3, 0.4) is 0 Å². The Kier molecular flexibility index (Phi) is 3.56. The van der Waals surface area contributed by atoms with E-state index in [0.717, 1.165) is 6.07 Å². The van der Waals surface area contributed by atoms with E-state index in [1.165, 1.54) is 6.92 Å². The van der Waals surface area contributed by atoms with E-state index in [9.17, 15) is 23.7 Å². The summed E-state index contributed by atoms with van der Waals surface area (Å²) in [5.41, 5.74) is -1.05. The molecule has 8 heteroatoms. The van der Waals surface area contributed by atoms with Crippen LogP contribution in [0.2, 0.25) is 0 Å².